The van der Waals surface area contributed by atoms with E-state index in [1.54, 1.807) is 7.11 Å². The second kappa shape index (κ2) is 6.82. The van der Waals surface area contributed by atoms with E-state index in [1.165, 1.54) is 16.0 Å². The first-order valence-electron chi connectivity index (χ1n) is 6.72. The minimum absolute atomic E-state index is 0.201. The number of rotatable bonds is 5. The third-order valence-corrected chi connectivity index (χ3v) is 4.74. The maximum atomic E-state index is 5.99. The molecule has 2 N–H and O–H groups in total. The van der Waals surface area contributed by atoms with Gasteiger partial charge in [0.15, 0.2) is 0 Å². The lowest BCUT2D eigenvalue weighted by molar-refractivity contribution is 0.409. The molecule has 0 amide bonds. The fourth-order valence-electron chi connectivity index (χ4n) is 2.16. The Bertz CT molecular complexity index is 583. The Kier molecular flexibility index (Phi) is 5.10. The van der Waals surface area contributed by atoms with Crippen molar-refractivity contribution in [2.75, 3.05) is 13.7 Å². The van der Waals surface area contributed by atoms with Gasteiger partial charge >= 0.3 is 0 Å². The van der Waals surface area contributed by atoms with Gasteiger partial charge in [-0.15, -0.1) is 11.8 Å². The molecule has 0 aliphatic rings. The molecule has 1 unspecified atom stereocenters. The highest BCUT2D eigenvalue weighted by molar-refractivity contribution is 7.99. The minimum atomic E-state index is 0.201. The first-order valence-corrected chi connectivity index (χ1v) is 7.60. The topological polar surface area (TPSA) is 35.2 Å². The summed E-state index contributed by atoms with van der Waals surface area (Å²) >= 11 is 1.81. The van der Waals surface area contributed by atoms with Gasteiger partial charge in [-0.3, -0.25) is 0 Å². The van der Waals surface area contributed by atoms with Gasteiger partial charge in [0.2, 0.25) is 0 Å². The number of hydrogen-bond donors (Lipinski definition) is 1. The van der Waals surface area contributed by atoms with Crippen molar-refractivity contribution in [1.29, 1.82) is 0 Å². The largest absolute Gasteiger partial charge is 0.496 e. The quantitative estimate of drug-likeness (QED) is 0.841. The summed E-state index contributed by atoms with van der Waals surface area (Å²) in [5.41, 5.74) is 9.70. The van der Waals surface area contributed by atoms with Gasteiger partial charge in [-0.25, -0.2) is 0 Å². The van der Waals surface area contributed by atoms with Gasteiger partial charge in [-0.2, -0.15) is 0 Å². The normalized spacial score (nSPS) is 12.2. The molecule has 0 radical (unpaired) electrons. The van der Waals surface area contributed by atoms with Crippen molar-refractivity contribution < 1.29 is 4.74 Å². The Hall–Kier alpha value is -1.45. The SMILES string of the molecule is COc1ccccc1C(CN)Sc1cc(C)ccc1C. The zero-order chi connectivity index (χ0) is 14.5. The summed E-state index contributed by atoms with van der Waals surface area (Å²) in [5.74, 6) is 0.903. The van der Waals surface area contributed by atoms with Crippen LogP contribution in [0.2, 0.25) is 0 Å². The second-order valence-corrected chi connectivity index (χ2v) is 6.10. The Morgan fingerprint density at radius 3 is 2.60 bits per heavy atom. The first-order chi connectivity index (χ1) is 9.65. The predicted molar refractivity (Wildman–Crippen MR) is 86.6 cm³/mol. The van der Waals surface area contributed by atoms with Crippen LogP contribution in [0.5, 0.6) is 5.75 Å². The maximum absolute atomic E-state index is 5.99. The van der Waals surface area contributed by atoms with Gasteiger partial charge in [0, 0.05) is 17.0 Å². The van der Waals surface area contributed by atoms with Gasteiger partial charge in [0.05, 0.1) is 12.4 Å². The molecule has 0 bridgehead atoms. The van der Waals surface area contributed by atoms with Crippen LogP contribution < -0.4 is 10.5 Å². The first kappa shape index (κ1) is 14.9. The predicted octanol–water partition coefficient (Wildman–Crippen LogP) is 4.10. The third-order valence-electron chi connectivity index (χ3n) is 3.31. The molecule has 2 rings (SSSR count). The van der Waals surface area contributed by atoms with E-state index >= 15 is 0 Å². The second-order valence-electron chi connectivity index (χ2n) is 4.85. The summed E-state index contributed by atoms with van der Waals surface area (Å²) in [7, 11) is 1.70. The molecule has 1 atom stereocenters. The maximum Gasteiger partial charge on any atom is 0.123 e. The minimum Gasteiger partial charge on any atom is -0.496 e. The number of methoxy groups -OCH3 is 1. The van der Waals surface area contributed by atoms with Crippen LogP contribution in [0, 0.1) is 13.8 Å². The van der Waals surface area contributed by atoms with Gasteiger partial charge in [0.1, 0.15) is 5.75 Å². The standard InChI is InChI=1S/C17H21NOS/c1-12-8-9-13(2)16(10-12)20-17(11-18)14-6-4-5-7-15(14)19-3/h4-10,17H,11,18H2,1-3H3. The van der Waals surface area contributed by atoms with Gasteiger partial charge in [-0.1, -0.05) is 35.9 Å². The van der Waals surface area contributed by atoms with Crippen LogP contribution in [0.1, 0.15) is 21.9 Å². The molecule has 0 aliphatic heterocycles. The van der Waals surface area contributed by atoms with Crippen molar-refractivity contribution in [1.82, 2.24) is 0 Å². The van der Waals surface area contributed by atoms with Crippen LogP contribution in [0.4, 0.5) is 0 Å². The van der Waals surface area contributed by atoms with Gasteiger partial charge < -0.3 is 10.5 Å². The number of benzene rings is 2. The molecule has 3 heteroatoms. The van der Waals surface area contributed by atoms with E-state index in [0.717, 1.165) is 11.3 Å². The van der Waals surface area contributed by atoms with E-state index in [2.05, 4.69) is 38.1 Å². The average Bonchev–Trinajstić information content (AvgIpc) is 2.48. The van der Waals surface area contributed by atoms with Crippen LogP contribution in [-0.2, 0) is 0 Å². The molecule has 0 saturated heterocycles. The van der Waals surface area contributed by atoms with E-state index in [0.29, 0.717) is 6.54 Å². The van der Waals surface area contributed by atoms with Crippen molar-refractivity contribution in [2.45, 2.75) is 24.0 Å². The van der Waals surface area contributed by atoms with Crippen LogP contribution in [0.25, 0.3) is 0 Å². The molecule has 2 nitrogen and oxygen atoms in total. The third kappa shape index (κ3) is 3.35. The monoisotopic (exact) mass is 287 g/mol. The Labute approximate surface area is 125 Å². The molecule has 2 aromatic carbocycles. The van der Waals surface area contributed by atoms with E-state index in [4.69, 9.17) is 10.5 Å². The molecule has 20 heavy (non-hydrogen) atoms. The fraction of sp³-hybridized carbons (Fsp3) is 0.294. The van der Waals surface area contributed by atoms with Crippen molar-refractivity contribution in [3.63, 3.8) is 0 Å². The Balaban J connectivity index is 2.31. The lowest BCUT2D eigenvalue weighted by Gasteiger charge is -2.19. The van der Waals surface area contributed by atoms with Crippen molar-refractivity contribution in [3.05, 3.63) is 59.2 Å². The molecule has 0 fully saturated rings. The Morgan fingerprint density at radius 1 is 1.15 bits per heavy atom. The van der Waals surface area contributed by atoms with E-state index in [1.807, 2.05) is 30.0 Å². The van der Waals surface area contributed by atoms with E-state index in [-0.39, 0.29) is 5.25 Å². The Morgan fingerprint density at radius 2 is 1.90 bits per heavy atom. The number of hydrogen-bond acceptors (Lipinski definition) is 3. The number of ether oxygens (including phenoxy) is 1. The average molecular weight is 287 g/mol. The van der Waals surface area contributed by atoms with Gasteiger partial charge in [0.25, 0.3) is 0 Å². The zero-order valence-electron chi connectivity index (χ0n) is 12.2. The smallest absolute Gasteiger partial charge is 0.123 e. The highest BCUT2D eigenvalue weighted by Crippen LogP contribution is 2.39. The molecule has 0 spiro atoms. The molecular formula is C17H21NOS. The molecule has 0 heterocycles. The highest BCUT2D eigenvalue weighted by atomic mass is 32.2. The van der Waals surface area contributed by atoms with Crippen LogP contribution in [0.3, 0.4) is 0 Å². The molecular weight excluding hydrogens is 266 g/mol. The summed E-state index contributed by atoms with van der Waals surface area (Å²) < 4.78 is 5.45. The van der Waals surface area contributed by atoms with E-state index < -0.39 is 0 Å². The van der Waals surface area contributed by atoms with Crippen LogP contribution >= 0.6 is 11.8 Å². The molecule has 106 valence electrons. The summed E-state index contributed by atoms with van der Waals surface area (Å²) in [4.78, 5) is 1.28. The fourth-order valence-corrected chi connectivity index (χ4v) is 3.39. The number of para-hydroxylation sites is 1. The molecule has 2 aromatic rings. The molecule has 0 aliphatic carbocycles. The van der Waals surface area contributed by atoms with Crippen LogP contribution in [0.15, 0.2) is 47.4 Å². The zero-order valence-corrected chi connectivity index (χ0v) is 13.0. The van der Waals surface area contributed by atoms with Gasteiger partial charge in [-0.05, 0) is 31.5 Å². The summed E-state index contributed by atoms with van der Waals surface area (Å²) in [6.07, 6.45) is 0. The van der Waals surface area contributed by atoms with Crippen LogP contribution in [-0.4, -0.2) is 13.7 Å². The lowest BCUT2D eigenvalue weighted by Crippen LogP contribution is -2.10. The van der Waals surface area contributed by atoms with Crippen molar-refractivity contribution >= 4 is 11.8 Å². The van der Waals surface area contributed by atoms with Crippen molar-refractivity contribution in [3.8, 4) is 5.75 Å². The highest BCUT2D eigenvalue weighted by Gasteiger charge is 2.16. The summed E-state index contributed by atoms with van der Waals surface area (Å²) in [6, 6.07) is 14.6. The summed E-state index contributed by atoms with van der Waals surface area (Å²) in [5, 5.41) is 0.201. The number of nitrogens with two attached hydrogens (primary N) is 1. The van der Waals surface area contributed by atoms with Crippen molar-refractivity contribution in [2.24, 2.45) is 5.73 Å². The molecule has 0 saturated carbocycles. The molecule has 0 aromatic heterocycles. The lowest BCUT2D eigenvalue weighted by atomic mass is 10.1. The van der Waals surface area contributed by atoms with E-state index in [9.17, 15) is 0 Å². The number of thioether (sulfide) groups is 1. The summed E-state index contributed by atoms with van der Waals surface area (Å²) in [6.45, 7) is 4.83. The number of aryl methyl sites for hydroxylation is 2.